The monoisotopic (exact) mass is 333 g/mol. The number of nitrogens with one attached hydrogen (secondary N) is 1. The standard InChI is InChI=1S/C18H28N2O.CH3NO/c1-17(2)14-19-15-18(21-17)9-12-20(13-10-18)11-8-16-6-4-3-5-7-16;2-1-3/h3-7,19H,8-15H2,1-2H3;1H,(H2,2,3). The zero-order chi connectivity index (χ0) is 17.5. The molecule has 0 bridgehead atoms. The number of primary amides is 1. The number of piperidine rings is 1. The number of ether oxygens (including phenoxy) is 1. The molecule has 1 amide bonds. The molecular formula is C19H31N3O2. The summed E-state index contributed by atoms with van der Waals surface area (Å²) >= 11 is 0. The molecule has 3 rings (SSSR count). The highest BCUT2D eigenvalue weighted by Crippen LogP contribution is 2.33. The van der Waals surface area contributed by atoms with Crippen molar-refractivity contribution in [2.45, 2.75) is 44.3 Å². The van der Waals surface area contributed by atoms with Crippen LogP contribution in [-0.2, 0) is 16.0 Å². The number of nitrogens with two attached hydrogens (primary N) is 1. The van der Waals surface area contributed by atoms with Crippen molar-refractivity contribution in [2.24, 2.45) is 5.73 Å². The average Bonchev–Trinajstić information content (AvgIpc) is 2.55. The Morgan fingerprint density at radius 3 is 2.42 bits per heavy atom. The minimum absolute atomic E-state index is 0.0234. The number of likely N-dealkylation sites (tertiary alicyclic amines) is 1. The number of amides is 1. The van der Waals surface area contributed by atoms with Crippen LogP contribution in [0, 0.1) is 0 Å². The molecule has 5 heteroatoms. The SMILES string of the molecule is CC1(C)CNCC2(CCN(CCc3ccccc3)CC2)O1.NC=O. The second kappa shape index (κ2) is 8.60. The van der Waals surface area contributed by atoms with Gasteiger partial charge in [0.2, 0.25) is 6.41 Å². The van der Waals surface area contributed by atoms with Crippen molar-refractivity contribution in [3.8, 4) is 0 Å². The second-order valence-electron chi connectivity index (χ2n) is 7.36. The van der Waals surface area contributed by atoms with Gasteiger partial charge in [0.05, 0.1) is 11.2 Å². The molecule has 1 spiro atoms. The molecule has 0 atom stereocenters. The van der Waals surface area contributed by atoms with Gasteiger partial charge in [-0.1, -0.05) is 30.3 Å². The Bertz CT molecular complexity index is 497. The first kappa shape index (κ1) is 18.9. The highest BCUT2D eigenvalue weighted by molar-refractivity contribution is 5.42. The van der Waals surface area contributed by atoms with Gasteiger partial charge in [-0.25, -0.2) is 0 Å². The van der Waals surface area contributed by atoms with E-state index >= 15 is 0 Å². The maximum Gasteiger partial charge on any atom is 0.204 e. The van der Waals surface area contributed by atoms with Crippen LogP contribution in [-0.4, -0.2) is 55.2 Å². The van der Waals surface area contributed by atoms with Crippen molar-refractivity contribution in [1.29, 1.82) is 0 Å². The summed E-state index contributed by atoms with van der Waals surface area (Å²) in [5.74, 6) is 0. The third-order valence-corrected chi connectivity index (χ3v) is 4.82. The van der Waals surface area contributed by atoms with Gasteiger partial charge in [-0.2, -0.15) is 0 Å². The number of hydrogen-bond acceptors (Lipinski definition) is 4. The lowest BCUT2D eigenvalue weighted by molar-refractivity contribution is -0.181. The molecular weight excluding hydrogens is 302 g/mol. The summed E-state index contributed by atoms with van der Waals surface area (Å²) in [5, 5.41) is 3.56. The fourth-order valence-electron chi connectivity index (χ4n) is 3.64. The summed E-state index contributed by atoms with van der Waals surface area (Å²) < 4.78 is 6.42. The van der Waals surface area contributed by atoms with Crippen molar-refractivity contribution in [2.75, 3.05) is 32.7 Å². The number of carbonyl (C=O) groups excluding carboxylic acids is 1. The summed E-state index contributed by atoms with van der Waals surface area (Å²) in [4.78, 5) is 11.2. The summed E-state index contributed by atoms with van der Waals surface area (Å²) in [6.07, 6.45) is 3.70. The number of hydrogen-bond donors (Lipinski definition) is 2. The minimum Gasteiger partial charge on any atom is -0.372 e. The zero-order valence-electron chi connectivity index (χ0n) is 15.0. The van der Waals surface area contributed by atoms with Gasteiger partial charge in [-0.05, 0) is 38.7 Å². The number of morpholine rings is 1. The van der Waals surface area contributed by atoms with E-state index in [9.17, 15) is 0 Å². The number of carbonyl (C=O) groups is 1. The molecule has 24 heavy (non-hydrogen) atoms. The molecule has 1 aromatic rings. The summed E-state index contributed by atoms with van der Waals surface area (Å²) in [5.41, 5.74) is 5.66. The first-order chi connectivity index (χ1) is 11.5. The summed E-state index contributed by atoms with van der Waals surface area (Å²) in [6, 6.07) is 10.8. The van der Waals surface area contributed by atoms with Gasteiger partial charge in [0.15, 0.2) is 0 Å². The number of nitrogens with zero attached hydrogens (tertiary/aromatic N) is 1. The van der Waals surface area contributed by atoms with E-state index in [0.717, 1.165) is 52.0 Å². The van der Waals surface area contributed by atoms with Crippen molar-refractivity contribution in [3.05, 3.63) is 35.9 Å². The Hall–Kier alpha value is -1.43. The highest BCUT2D eigenvalue weighted by atomic mass is 16.5. The van der Waals surface area contributed by atoms with Gasteiger partial charge in [0.25, 0.3) is 0 Å². The van der Waals surface area contributed by atoms with Crippen LogP contribution in [0.25, 0.3) is 0 Å². The highest BCUT2D eigenvalue weighted by Gasteiger charge is 2.42. The second-order valence-corrected chi connectivity index (χ2v) is 7.36. The van der Waals surface area contributed by atoms with Gasteiger partial charge in [-0.3, -0.25) is 4.79 Å². The van der Waals surface area contributed by atoms with Crippen LogP contribution in [0.2, 0.25) is 0 Å². The van der Waals surface area contributed by atoms with Crippen LogP contribution < -0.4 is 11.1 Å². The third kappa shape index (κ3) is 5.58. The van der Waals surface area contributed by atoms with E-state index in [1.54, 1.807) is 0 Å². The lowest BCUT2D eigenvalue weighted by atomic mass is 9.87. The van der Waals surface area contributed by atoms with E-state index in [-0.39, 0.29) is 17.6 Å². The van der Waals surface area contributed by atoms with Crippen LogP contribution in [0.4, 0.5) is 0 Å². The molecule has 2 saturated heterocycles. The quantitative estimate of drug-likeness (QED) is 0.824. The maximum atomic E-state index is 8.58. The molecule has 2 aliphatic rings. The summed E-state index contributed by atoms with van der Waals surface area (Å²) in [7, 11) is 0. The Morgan fingerprint density at radius 2 is 1.83 bits per heavy atom. The first-order valence-corrected chi connectivity index (χ1v) is 8.81. The molecule has 0 unspecified atom stereocenters. The van der Waals surface area contributed by atoms with Crippen molar-refractivity contribution in [3.63, 3.8) is 0 Å². The van der Waals surface area contributed by atoms with Crippen molar-refractivity contribution in [1.82, 2.24) is 10.2 Å². The normalized spacial score (nSPS) is 22.4. The van der Waals surface area contributed by atoms with Gasteiger partial charge < -0.3 is 20.7 Å². The van der Waals surface area contributed by atoms with Crippen molar-refractivity contribution >= 4 is 6.41 Å². The van der Waals surface area contributed by atoms with Crippen LogP contribution >= 0.6 is 0 Å². The van der Waals surface area contributed by atoms with E-state index in [0.29, 0.717) is 0 Å². The van der Waals surface area contributed by atoms with Crippen LogP contribution in [0.3, 0.4) is 0 Å². The molecule has 134 valence electrons. The molecule has 2 fully saturated rings. The van der Waals surface area contributed by atoms with Crippen LogP contribution in [0.15, 0.2) is 30.3 Å². The lowest BCUT2D eigenvalue weighted by Gasteiger charge is -2.49. The van der Waals surface area contributed by atoms with Crippen molar-refractivity contribution < 1.29 is 9.53 Å². The predicted octanol–water partition coefficient (Wildman–Crippen LogP) is 1.56. The van der Waals surface area contributed by atoms with Gasteiger partial charge in [0.1, 0.15) is 0 Å². The maximum absolute atomic E-state index is 8.58. The number of rotatable bonds is 3. The molecule has 2 heterocycles. The fourth-order valence-corrected chi connectivity index (χ4v) is 3.64. The Balaban J connectivity index is 0.000000647. The smallest absolute Gasteiger partial charge is 0.204 e. The van der Waals surface area contributed by atoms with E-state index in [1.807, 2.05) is 0 Å². The Kier molecular flexibility index (Phi) is 6.78. The molecule has 3 N–H and O–H groups in total. The van der Waals surface area contributed by atoms with Gasteiger partial charge in [0, 0.05) is 32.7 Å². The van der Waals surface area contributed by atoms with Gasteiger partial charge >= 0.3 is 0 Å². The topological polar surface area (TPSA) is 67.6 Å². The van der Waals surface area contributed by atoms with E-state index in [4.69, 9.17) is 9.53 Å². The third-order valence-electron chi connectivity index (χ3n) is 4.82. The molecule has 0 aromatic heterocycles. The Labute approximate surface area is 145 Å². The van der Waals surface area contributed by atoms with Crippen LogP contribution in [0.5, 0.6) is 0 Å². The average molecular weight is 333 g/mol. The van der Waals surface area contributed by atoms with E-state index in [2.05, 4.69) is 60.1 Å². The molecule has 5 nitrogen and oxygen atoms in total. The minimum atomic E-state index is -0.0234. The van der Waals surface area contributed by atoms with E-state index < -0.39 is 0 Å². The fraction of sp³-hybridized carbons (Fsp3) is 0.632. The molecule has 0 saturated carbocycles. The largest absolute Gasteiger partial charge is 0.372 e. The molecule has 0 aliphatic carbocycles. The first-order valence-electron chi connectivity index (χ1n) is 8.81. The van der Waals surface area contributed by atoms with Crippen LogP contribution in [0.1, 0.15) is 32.3 Å². The molecule has 0 radical (unpaired) electrons. The van der Waals surface area contributed by atoms with E-state index in [1.165, 1.54) is 5.56 Å². The van der Waals surface area contributed by atoms with Gasteiger partial charge in [-0.15, -0.1) is 0 Å². The zero-order valence-corrected chi connectivity index (χ0v) is 15.0. The Morgan fingerprint density at radius 1 is 1.21 bits per heavy atom. The molecule has 1 aromatic carbocycles. The predicted molar refractivity (Wildman–Crippen MR) is 96.8 cm³/mol. The lowest BCUT2D eigenvalue weighted by Crippen LogP contribution is -2.61. The number of benzene rings is 1. The molecule has 2 aliphatic heterocycles. The summed E-state index contributed by atoms with van der Waals surface area (Å²) in [6.45, 7) is 9.85.